The molecule has 0 amide bonds. The molecule has 0 radical (unpaired) electrons. The fraction of sp³-hybridized carbons (Fsp3) is 0.278. The number of nitrogens with one attached hydrogen (secondary N) is 1. The van der Waals surface area contributed by atoms with Crippen LogP contribution in [0.15, 0.2) is 41.3 Å². The molecule has 9 heteroatoms. The van der Waals surface area contributed by atoms with E-state index < -0.39 is 17.0 Å². The molecule has 0 bridgehead atoms. The fourth-order valence-electron chi connectivity index (χ4n) is 2.32. The van der Waals surface area contributed by atoms with Crippen molar-refractivity contribution in [2.75, 3.05) is 11.9 Å². The lowest BCUT2D eigenvalue weighted by atomic mass is 10.1. The third-order valence-corrected chi connectivity index (χ3v) is 3.65. The molecule has 7 nitrogen and oxygen atoms in total. The first kappa shape index (κ1) is 20.6. The Hall–Kier alpha value is -2.71. The van der Waals surface area contributed by atoms with Crippen molar-refractivity contribution in [3.63, 3.8) is 0 Å². The number of aliphatic hydroxyl groups is 1. The first-order valence-electron chi connectivity index (χ1n) is 8.00. The van der Waals surface area contributed by atoms with Gasteiger partial charge >= 0.3 is 0 Å². The van der Waals surface area contributed by atoms with E-state index in [0.717, 1.165) is 0 Å². The molecule has 2 heterocycles. The van der Waals surface area contributed by atoms with Gasteiger partial charge in [-0.1, -0.05) is 12.1 Å². The van der Waals surface area contributed by atoms with Crippen LogP contribution in [0.5, 0.6) is 11.5 Å². The molecule has 0 saturated carbocycles. The topological polar surface area (TPSA) is 89.3 Å². The highest BCUT2D eigenvalue weighted by Gasteiger charge is 2.15. The van der Waals surface area contributed by atoms with E-state index in [1.54, 1.807) is 27.0 Å². The standard InChI is InChI=1S/C18H19FN4O3.ClH/c1-18(2,25)10-21-17-20-9-11-8-14(16(24)23(3)15(11)22-17)26-13-7-5-4-6-12(13)19;/h4-9,25H,10H2,1-3H3,(H,20,21,22);1H. The number of fused-ring (bicyclic) bond motifs is 1. The summed E-state index contributed by atoms with van der Waals surface area (Å²) in [6, 6.07) is 7.33. The van der Waals surface area contributed by atoms with Gasteiger partial charge in [0.1, 0.15) is 5.65 Å². The fourth-order valence-corrected chi connectivity index (χ4v) is 2.32. The molecule has 1 aromatic carbocycles. The van der Waals surface area contributed by atoms with E-state index >= 15 is 0 Å². The van der Waals surface area contributed by atoms with Crippen LogP contribution in [-0.4, -0.2) is 31.8 Å². The molecule has 0 unspecified atom stereocenters. The second kappa shape index (κ2) is 7.89. The van der Waals surface area contributed by atoms with Crippen LogP contribution < -0.4 is 15.6 Å². The van der Waals surface area contributed by atoms with Crippen molar-refractivity contribution in [1.29, 1.82) is 0 Å². The molecule has 3 aromatic rings. The summed E-state index contributed by atoms with van der Waals surface area (Å²) in [5, 5.41) is 13.2. The van der Waals surface area contributed by atoms with Crippen LogP contribution in [0.1, 0.15) is 13.8 Å². The van der Waals surface area contributed by atoms with E-state index in [-0.39, 0.29) is 36.4 Å². The number of anilines is 1. The molecule has 0 atom stereocenters. The van der Waals surface area contributed by atoms with Crippen LogP contribution in [0, 0.1) is 5.82 Å². The summed E-state index contributed by atoms with van der Waals surface area (Å²) in [5.41, 5.74) is -0.987. The Bertz CT molecular complexity index is 1020. The number of ether oxygens (including phenoxy) is 1. The summed E-state index contributed by atoms with van der Waals surface area (Å²) >= 11 is 0. The third-order valence-electron chi connectivity index (χ3n) is 3.65. The Labute approximate surface area is 161 Å². The molecule has 27 heavy (non-hydrogen) atoms. The normalized spacial score (nSPS) is 11.1. The van der Waals surface area contributed by atoms with Crippen molar-refractivity contribution < 1.29 is 14.2 Å². The predicted molar refractivity (Wildman–Crippen MR) is 103 cm³/mol. The van der Waals surface area contributed by atoms with Crippen molar-refractivity contribution in [2.24, 2.45) is 7.05 Å². The molecule has 2 aromatic heterocycles. The molecule has 0 aliphatic heterocycles. The summed E-state index contributed by atoms with van der Waals surface area (Å²) in [4.78, 5) is 21.0. The van der Waals surface area contributed by atoms with E-state index in [1.165, 1.54) is 35.0 Å². The Morgan fingerprint density at radius 2 is 2.00 bits per heavy atom. The Balaban J connectivity index is 0.00000261. The number of aryl methyl sites for hydroxylation is 1. The van der Waals surface area contributed by atoms with Crippen LogP contribution >= 0.6 is 12.4 Å². The van der Waals surface area contributed by atoms with E-state index in [0.29, 0.717) is 11.0 Å². The Kier molecular flexibility index (Phi) is 6.02. The highest BCUT2D eigenvalue weighted by molar-refractivity contribution is 5.85. The third kappa shape index (κ3) is 4.72. The number of hydrogen-bond donors (Lipinski definition) is 2. The number of hydrogen-bond acceptors (Lipinski definition) is 6. The lowest BCUT2D eigenvalue weighted by Gasteiger charge is -2.17. The van der Waals surface area contributed by atoms with Crippen LogP contribution in [0.3, 0.4) is 0 Å². The predicted octanol–water partition coefficient (Wildman–Crippen LogP) is 2.86. The minimum atomic E-state index is -0.929. The van der Waals surface area contributed by atoms with E-state index in [2.05, 4.69) is 15.3 Å². The van der Waals surface area contributed by atoms with Gasteiger partial charge < -0.3 is 15.2 Å². The number of pyridine rings is 1. The maximum absolute atomic E-state index is 13.8. The Morgan fingerprint density at radius 1 is 1.30 bits per heavy atom. The van der Waals surface area contributed by atoms with Gasteiger partial charge in [0.2, 0.25) is 5.95 Å². The van der Waals surface area contributed by atoms with E-state index in [1.807, 2.05) is 0 Å². The maximum Gasteiger partial charge on any atom is 0.294 e. The number of para-hydroxylation sites is 1. The molecule has 144 valence electrons. The van der Waals surface area contributed by atoms with Gasteiger partial charge in [-0.2, -0.15) is 4.98 Å². The van der Waals surface area contributed by atoms with E-state index in [9.17, 15) is 14.3 Å². The lowest BCUT2D eigenvalue weighted by Crippen LogP contribution is -2.30. The van der Waals surface area contributed by atoms with Crippen molar-refractivity contribution in [2.45, 2.75) is 19.4 Å². The van der Waals surface area contributed by atoms with Gasteiger partial charge in [0.05, 0.1) is 5.60 Å². The molecular formula is C18H20ClFN4O3. The summed E-state index contributed by atoms with van der Waals surface area (Å²) in [6.07, 6.45) is 1.53. The van der Waals surface area contributed by atoms with Crippen molar-refractivity contribution >= 4 is 29.4 Å². The smallest absolute Gasteiger partial charge is 0.294 e. The first-order valence-corrected chi connectivity index (χ1v) is 8.00. The first-order chi connectivity index (χ1) is 12.2. The highest BCUT2D eigenvalue weighted by Crippen LogP contribution is 2.24. The maximum atomic E-state index is 13.8. The number of nitrogens with zero attached hydrogens (tertiary/aromatic N) is 3. The number of aromatic nitrogens is 3. The second-order valence-corrected chi connectivity index (χ2v) is 6.54. The molecule has 0 spiro atoms. The Morgan fingerprint density at radius 3 is 2.67 bits per heavy atom. The van der Waals surface area contributed by atoms with Gasteiger partial charge in [0, 0.05) is 25.2 Å². The average molecular weight is 395 g/mol. The monoisotopic (exact) mass is 394 g/mol. The van der Waals surface area contributed by atoms with Crippen LogP contribution in [0.25, 0.3) is 11.0 Å². The van der Waals surface area contributed by atoms with Crippen molar-refractivity contribution in [3.8, 4) is 11.5 Å². The van der Waals surface area contributed by atoms with Gasteiger partial charge in [-0.3, -0.25) is 9.36 Å². The quantitative estimate of drug-likeness (QED) is 0.691. The zero-order valence-electron chi connectivity index (χ0n) is 15.1. The zero-order valence-corrected chi connectivity index (χ0v) is 15.9. The molecule has 0 saturated heterocycles. The van der Waals surface area contributed by atoms with Crippen molar-refractivity contribution in [1.82, 2.24) is 14.5 Å². The number of benzene rings is 1. The average Bonchev–Trinajstić information content (AvgIpc) is 2.59. The SMILES string of the molecule is Cl.Cn1c(=O)c(Oc2ccccc2F)cc2cnc(NCC(C)(C)O)nc21. The molecule has 0 aliphatic carbocycles. The molecular weight excluding hydrogens is 375 g/mol. The molecule has 0 fully saturated rings. The van der Waals surface area contributed by atoms with Gasteiger partial charge in [-0.15, -0.1) is 12.4 Å². The highest BCUT2D eigenvalue weighted by atomic mass is 35.5. The summed E-state index contributed by atoms with van der Waals surface area (Å²) in [7, 11) is 1.55. The van der Waals surface area contributed by atoms with Gasteiger partial charge in [-0.05, 0) is 32.0 Å². The number of halogens is 2. The summed E-state index contributed by atoms with van der Waals surface area (Å²) in [5.74, 6) is -0.325. The van der Waals surface area contributed by atoms with Crippen LogP contribution in [-0.2, 0) is 7.05 Å². The minimum Gasteiger partial charge on any atom is -0.448 e. The van der Waals surface area contributed by atoms with Crippen LogP contribution in [0.4, 0.5) is 10.3 Å². The lowest BCUT2D eigenvalue weighted by molar-refractivity contribution is 0.0943. The van der Waals surface area contributed by atoms with Crippen molar-refractivity contribution in [3.05, 3.63) is 52.7 Å². The second-order valence-electron chi connectivity index (χ2n) is 6.54. The number of rotatable bonds is 5. The minimum absolute atomic E-state index is 0. The van der Waals surface area contributed by atoms with Gasteiger partial charge in [-0.25, -0.2) is 9.37 Å². The summed E-state index contributed by atoms with van der Waals surface area (Å²) in [6.45, 7) is 3.56. The molecule has 0 aliphatic rings. The molecule has 2 N–H and O–H groups in total. The van der Waals surface area contributed by atoms with Gasteiger partial charge in [0.15, 0.2) is 17.3 Å². The van der Waals surface area contributed by atoms with Gasteiger partial charge in [0.25, 0.3) is 5.56 Å². The molecule has 3 rings (SSSR count). The van der Waals surface area contributed by atoms with Crippen LogP contribution in [0.2, 0.25) is 0 Å². The zero-order chi connectivity index (χ0) is 18.9. The summed E-state index contributed by atoms with van der Waals surface area (Å²) < 4.78 is 20.5. The largest absolute Gasteiger partial charge is 0.448 e. The van der Waals surface area contributed by atoms with E-state index in [4.69, 9.17) is 4.74 Å².